The standard InChI is InChI=1S/C26H30ClNO6/c1-5-32-18-9-7-8-17(14-18)23-22(25(30)26(31)28(23)12-13-34-16(3)4)24(29)20-15-19(33-6-2)10-11-21(20)27/h7-11,14-16,23,29H,5-6,12-13H2,1-4H3/b24-22+. The number of carbonyl (C=O) groups excluding carboxylic acids is 2. The summed E-state index contributed by atoms with van der Waals surface area (Å²) >= 11 is 6.37. The fourth-order valence-electron chi connectivity index (χ4n) is 3.87. The Hall–Kier alpha value is -3.03. The van der Waals surface area contributed by atoms with E-state index < -0.39 is 17.7 Å². The fraction of sp³-hybridized carbons (Fsp3) is 0.385. The van der Waals surface area contributed by atoms with Crippen LogP contribution in [0.3, 0.4) is 0 Å². The van der Waals surface area contributed by atoms with E-state index in [0.717, 1.165) is 0 Å². The highest BCUT2D eigenvalue weighted by atomic mass is 35.5. The number of aliphatic hydroxyl groups excluding tert-OH is 1. The van der Waals surface area contributed by atoms with E-state index in [1.807, 2.05) is 27.7 Å². The molecule has 1 atom stereocenters. The average molecular weight is 488 g/mol. The zero-order valence-corrected chi connectivity index (χ0v) is 20.6. The zero-order valence-electron chi connectivity index (χ0n) is 19.8. The number of nitrogens with zero attached hydrogens (tertiary/aromatic N) is 1. The number of aliphatic hydroxyl groups is 1. The van der Waals surface area contributed by atoms with Crippen molar-refractivity contribution in [2.75, 3.05) is 26.4 Å². The van der Waals surface area contributed by atoms with E-state index in [-0.39, 0.29) is 41.2 Å². The SMILES string of the molecule is CCOc1cccc(C2/C(=C(\O)c3cc(OCC)ccc3Cl)C(=O)C(=O)N2CCOC(C)C)c1. The molecule has 0 aliphatic carbocycles. The van der Waals surface area contributed by atoms with Gasteiger partial charge in [-0.1, -0.05) is 23.7 Å². The van der Waals surface area contributed by atoms with E-state index in [4.69, 9.17) is 25.8 Å². The van der Waals surface area contributed by atoms with Crippen molar-refractivity contribution >= 4 is 29.1 Å². The van der Waals surface area contributed by atoms with Gasteiger partial charge in [0.25, 0.3) is 11.7 Å². The van der Waals surface area contributed by atoms with E-state index in [1.165, 1.54) is 4.90 Å². The predicted molar refractivity (Wildman–Crippen MR) is 130 cm³/mol. The Labute approximate surface area is 204 Å². The molecule has 182 valence electrons. The van der Waals surface area contributed by atoms with Crippen LogP contribution in [0.15, 0.2) is 48.0 Å². The van der Waals surface area contributed by atoms with Crippen LogP contribution in [0.2, 0.25) is 5.02 Å². The van der Waals surface area contributed by atoms with E-state index >= 15 is 0 Å². The molecule has 1 heterocycles. The second kappa shape index (κ2) is 11.4. The third-order valence-corrected chi connectivity index (χ3v) is 5.64. The van der Waals surface area contributed by atoms with Crippen molar-refractivity contribution in [3.63, 3.8) is 0 Å². The van der Waals surface area contributed by atoms with Crippen LogP contribution in [0.1, 0.15) is 44.9 Å². The maximum absolute atomic E-state index is 13.2. The third kappa shape index (κ3) is 5.54. The Bertz CT molecular complexity index is 1080. The van der Waals surface area contributed by atoms with E-state index in [0.29, 0.717) is 30.3 Å². The summed E-state index contributed by atoms with van der Waals surface area (Å²) in [5.74, 6) is -0.767. The van der Waals surface area contributed by atoms with Crippen molar-refractivity contribution in [3.8, 4) is 11.5 Å². The molecule has 0 bridgehead atoms. The molecular weight excluding hydrogens is 458 g/mol. The predicted octanol–water partition coefficient (Wildman–Crippen LogP) is 4.98. The molecule has 2 aromatic carbocycles. The number of halogens is 1. The van der Waals surface area contributed by atoms with Crippen molar-refractivity contribution in [2.24, 2.45) is 0 Å². The first-order valence-corrected chi connectivity index (χ1v) is 11.7. The van der Waals surface area contributed by atoms with E-state index in [2.05, 4.69) is 0 Å². The number of hydrogen-bond donors (Lipinski definition) is 1. The highest BCUT2D eigenvalue weighted by Crippen LogP contribution is 2.41. The minimum Gasteiger partial charge on any atom is -0.507 e. The van der Waals surface area contributed by atoms with Gasteiger partial charge in [0.15, 0.2) is 0 Å². The maximum Gasteiger partial charge on any atom is 0.295 e. The quantitative estimate of drug-likeness (QED) is 0.289. The molecule has 1 aliphatic rings. The fourth-order valence-corrected chi connectivity index (χ4v) is 4.08. The van der Waals surface area contributed by atoms with E-state index in [9.17, 15) is 14.7 Å². The number of ketones is 1. The Morgan fingerprint density at radius 3 is 2.38 bits per heavy atom. The summed E-state index contributed by atoms with van der Waals surface area (Å²) in [4.78, 5) is 27.7. The van der Waals surface area contributed by atoms with Gasteiger partial charge in [0.1, 0.15) is 17.3 Å². The topological polar surface area (TPSA) is 85.3 Å². The van der Waals surface area contributed by atoms with Crippen LogP contribution in [0.4, 0.5) is 0 Å². The van der Waals surface area contributed by atoms with Gasteiger partial charge in [-0.05, 0) is 63.6 Å². The molecule has 1 saturated heterocycles. The van der Waals surface area contributed by atoms with Crippen LogP contribution in [-0.2, 0) is 14.3 Å². The van der Waals surface area contributed by atoms with Gasteiger partial charge >= 0.3 is 0 Å². The van der Waals surface area contributed by atoms with Gasteiger partial charge in [-0.3, -0.25) is 9.59 Å². The Morgan fingerprint density at radius 1 is 1.06 bits per heavy atom. The van der Waals surface area contributed by atoms with Crippen LogP contribution in [0.25, 0.3) is 5.76 Å². The minimum absolute atomic E-state index is 0.0309. The molecule has 1 aliphatic heterocycles. The second-order valence-corrected chi connectivity index (χ2v) is 8.40. The van der Waals surface area contributed by atoms with Crippen LogP contribution in [0.5, 0.6) is 11.5 Å². The molecule has 0 spiro atoms. The summed E-state index contributed by atoms with van der Waals surface area (Å²) in [5.41, 5.74) is 0.807. The minimum atomic E-state index is -0.831. The van der Waals surface area contributed by atoms with Crippen molar-refractivity contribution in [1.82, 2.24) is 4.90 Å². The molecule has 1 fully saturated rings. The van der Waals surface area contributed by atoms with Gasteiger partial charge in [0.2, 0.25) is 0 Å². The van der Waals surface area contributed by atoms with Crippen LogP contribution >= 0.6 is 11.6 Å². The molecule has 0 saturated carbocycles. The smallest absolute Gasteiger partial charge is 0.295 e. The Morgan fingerprint density at radius 2 is 1.74 bits per heavy atom. The lowest BCUT2D eigenvalue weighted by Gasteiger charge is -2.26. The van der Waals surface area contributed by atoms with Crippen molar-refractivity contribution in [2.45, 2.75) is 39.8 Å². The zero-order chi connectivity index (χ0) is 24.8. The summed E-state index contributed by atoms with van der Waals surface area (Å²) in [5, 5.41) is 11.5. The summed E-state index contributed by atoms with van der Waals surface area (Å²) in [6.07, 6.45) is -0.0309. The van der Waals surface area contributed by atoms with Gasteiger partial charge in [-0.25, -0.2) is 0 Å². The highest BCUT2D eigenvalue weighted by molar-refractivity contribution is 6.47. The Kier molecular flexibility index (Phi) is 8.58. The highest BCUT2D eigenvalue weighted by Gasteiger charge is 2.46. The first-order chi connectivity index (χ1) is 16.3. The number of benzene rings is 2. The van der Waals surface area contributed by atoms with Crippen molar-refractivity contribution in [3.05, 3.63) is 64.2 Å². The normalized spacial score (nSPS) is 17.5. The molecule has 1 N–H and O–H groups in total. The molecule has 1 unspecified atom stereocenters. The molecule has 8 heteroatoms. The molecular formula is C26H30ClNO6. The second-order valence-electron chi connectivity index (χ2n) is 7.99. The van der Waals surface area contributed by atoms with Crippen molar-refractivity contribution < 1.29 is 28.9 Å². The van der Waals surface area contributed by atoms with Crippen molar-refractivity contribution in [1.29, 1.82) is 0 Å². The summed E-state index contributed by atoms with van der Waals surface area (Å²) in [6.45, 7) is 8.80. The van der Waals surface area contributed by atoms with Gasteiger partial charge in [-0.2, -0.15) is 0 Å². The first-order valence-electron chi connectivity index (χ1n) is 11.3. The van der Waals surface area contributed by atoms with Gasteiger partial charge in [-0.15, -0.1) is 0 Å². The number of rotatable bonds is 10. The molecule has 1 amide bonds. The monoisotopic (exact) mass is 487 g/mol. The molecule has 7 nitrogen and oxygen atoms in total. The van der Waals surface area contributed by atoms with Gasteiger partial charge < -0.3 is 24.2 Å². The maximum atomic E-state index is 13.2. The number of hydrogen-bond acceptors (Lipinski definition) is 6. The lowest BCUT2D eigenvalue weighted by molar-refractivity contribution is -0.140. The average Bonchev–Trinajstić information content (AvgIpc) is 3.05. The van der Waals surface area contributed by atoms with Crippen LogP contribution in [-0.4, -0.2) is 54.2 Å². The number of likely N-dealkylation sites (tertiary alicyclic amines) is 1. The van der Waals surface area contributed by atoms with Crippen LogP contribution in [0, 0.1) is 0 Å². The third-order valence-electron chi connectivity index (χ3n) is 5.31. The lowest BCUT2D eigenvalue weighted by atomic mass is 9.95. The first kappa shape index (κ1) is 25.6. The van der Waals surface area contributed by atoms with Gasteiger partial charge in [0.05, 0.1) is 42.6 Å². The van der Waals surface area contributed by atoms with E-state index in [1.54, 1.807) is 42.5 Å². The number of carbonyl (C=O) groups is 2. The summed E-state index contributed by atoms with van der Waals surface area (Å²) in [7, 11) is 0. The molecule has 0 aromatic heterocycles. The van der Waals surface area contributed by atoms with Crippen LogP contribution < -0.4 is 9.47 Å². The molecule has 2 aromatic rings. The molecule has 3 rings (SSSR count). The number of amides is 1. The largest absolute Gasteiger partial charge is 0.507 e. The number of Topliss-reactive ketones (excluding diaryl/α,β-unsaturated/α-hetero) is 1. The van der Waals surface area contributed by atoms with Gasteiger partial charge in [0, 0.05) is 12.1 Å². The molecule has 0 radical (unpaired) electrons. The number of ether oxygens (including phenoxy) is 3. The summed E-state index contributed by atoms with van der Waals surface area (Å²) < 4.78 is 16.8. The molecule has 34 heavy (non-hydrogen) atoms. The lowest BCUT2D eigenvalue weighted by Crippen LogP contribution is -2.33. The Balaban J connectivity index is 2.15. The summed E-state index contributed by atoms with van der Waals surface area (Å²) in [6, 6.07) is 11.1.